The molecule has 2 unspecified atom stereocenters. The fourth-order valence-electron chi connectivity index (χ4n) is 3.11. The fourth-order valence-corrected chi connectivity index (χ4v) is 3.11. The number of hydrogen-bond acceptors (Lipinski definition) is 2. The molecule has 0 saturated heterocycles. The zero-order chi connectivity index (χ0) is 12.2. The summed E-state index contributed by atoms with van der Waals surface area (Å²) in [6.45, 7) is 7.21. The summed E-state index contributed by atoms with van der Waals surface area (Å²) >= 11 is 0. The summed E-state index contributed by atoms with van der Waals surface area (Å²) in [5, 5.41) is 10.5. The van der Waals surface area contributed by atoms with Crippen molar-refractivity contribution < 1.29 is 5.11 Å². The molecule has 3 N–H and O–H groups in total. The second kappa shape index (κ2) is 6.02. The summed E-state index contributed by atoms with van der Waals surface area (Å²) in [6.07, 6.45) is 6.85. The fraction of sp³-hybridized carbons (Fsp3) is 1.00. The Morgan fingerprint density at radius 1 is 1.31 bits per heavy atom. The highest BCUT2D eigenvalue weighted by Crippen LogP contribution is 2.44. The molecule has 2 nitrogen and oxygen atoms in total. The van der Waals surface area contributed by atoms with Gasteiger partial charge in [0.25, 0.3) is 0 Å². The second-order valence-corrected chi connectivity index (χ2v) is 5.75. The van der Waals surface area contributed by atoms with Gasteiger partial charge in [-0.25, -0.2) is 0 Å². The third-order valence-corrected chi connectivity index (χ3v) is 4.90. The summed E-state index contributed by atoms with van der Waals surface area (Å²) in [5.41, 5.74) is 5.97. The van der Waals surface area contributed by atoms with E-state index in [1.54, 1.807) is 0 Å². The van der Waals surface area contributed by atoms with Gasteiger partial charge >= 0.3 is 0 Å². The van der Waals surface area contributed by atoms with E-state index in [0.717, 1.165) is 25.2 Å². The molecule has 96 valence electrons. The van der Waals surface area contributed by atoms with Crippen LogP contribution in [0.4, 0.5) is 0 Å². The van der Waals surface area contributed by atoms with E-state index >= 15 is 0 Å². The van der Waals surface area contributed by atoms with E-state index in [4.69, 9.17) is 5.73 Å². The molecule has 0 aliphatic heterocycles. The maximum absolute atomic E-state index is 10.5. The first kappa shape index (κ1) is 14.0. The van der Waals surface area contributed by atoms with E-state index < -0.39 is 0 Å². The predicted molar refractivity (Wildman–Crippen MR) is 69.2 cm³/mol. The van der Waals surface area contributed by atoms with E-state index in [2.05, 4.69) is 20.8 Å². The molecule has 1 rings (SSSR count). The van der Waals surface area contributed by atoms with Crippen molar-refractivity contribution >= 4 is 0 Å². The van der Waals surface area contributed by atoms with Crippen molar-refractivity contribution in [3.05, 3.63) is 0 Å². The number of rotatable bonds is 5. The van der Waals surface area contributed by atoms with Crippen molar-refractivity contribution in [2.45, 2.75) is 65.4 Å². The molecular formula is C14H29NO. The van der Waals surface area contributed by atoms with E-state index in [0.29, 0.717) is 12.5 Å². The summed E-state index contributed by atoms with van der Waals surface area (Å²) in [7, 11) is 0. The van der Waals surface area contributed by atoms with Gasteiger partial charge in [-0.3, -0.25) is 0 Å². The molecule has 2 heteroatoms. The summed E-state index contributed by atoms with van der Waals surface area (Å²) in [6, 6.07) is 0. The largest absolute Gasteiger partial charge is 0.392 e. The predicted octanol–water partition coefficient (Wildman–Crippen LogP) is 2.94. The van der Waals surface area contributed by atoms with Gasteiger partial charge in [0.05, 0.1) is 6.10 Å². The Morgan fingerprint density at radius 3 is 2.25 bits per heavy atom. The van der Waals surface area contributed by atoms with E-state index in [-0.39, 0.29) is 11.5 Å². The van der Waals surface area contributed by atoms with E-state index in [1.165, 1.54) is 19.3 Å². The van der Waals surface area contributed by atoms with Crippen LogP contribution in [0.2, 0.25) is 0 Å². The molecule has 0 heterocycles. The molecule has 0 aromatic rings. The van der Waals surface area contributed by atoms with Gasteiger partial charge < -0.3 is 10.8 Å². The molecular weight excluding hydrogens is 198 g/mol. The lowest BCUT2D eigenvalue weighted by atomic mass is 9.64. The van der Waals surface area contributed by atoms with Crippen LogP contribution >= 0.6 is 0 Å². The Labute approximate surface area is 101 Å². The molecule has 0 spiro atoms. The van der Waals surface area contributed by atoms with Gasteiger partial charge in [0.2, 0.25) is 0 Å². The van der Waals surface area contributed by atoms with Gasteiger partial charge in [-0.05, 0) is 37.5 Å². The van der Waals surface area contributed by atoms with Crippen molar-refractivity contribution in [1.82, 2.24) is 0 Å². The zero-order valence-corrected chi connectivity index (χ0v) is 11.2. The Hall–Kier alpha value is -0.0800. The first-order valence-electron chi connectivity index (χ1n) is 6.97. The highest BCUT2D eigenvalue weighted by Gasteiger charge is 2.41. The standard InChI is InChI=1S/C14H29NO/c1-4-11(3)13(16)14(10-15)8-6-12(5-2)7-9-14/h11-13,16H,4-10,15H2,1-3H3. The molecule has 1 aliphatic carbocycles. The van der Waals surface area contributed by atoms with Crippen LogP contribution in [0.3, 0.4) is 0 Å². The minimum atomic E-state index is -0.208. The van der Waals surface area contributed by atoms with Gasteiger partial charge in [-0.1, -0.05) is 33.6 Å². The van der Waals surface area contributed by atoms with Gasteiger partial charge in [0.15, 0.2) is 0 Å². The molecule has 0 radical (unpaired) electrons. The monoisotopic (exact) mass is 227 g/mol. The molecule has 1 aliphatic rings. The lowest BCUT2D eigenvalue weighted by molar-refractivity contribution is -0.0411. The summed E-state index contributed by atoms with van der Waals surface area (Å²) < 4.78 is 0. The van der Waals surface area contributed by atoms with Crippen LogP contribution in [0, 0.1) is 17.3 Å². The molecule has 0 amide bonds. The van der Waals surface area contributed by atoms with Crippen molar-refractivity contribution in [2.75, 3.05) is 6.54 Å². The maximum Gasteiger partial charge on any atom is 0.0633 e. The zero-order valence-electron chi connectivity index (χ0n) is 11.2. The first-order chi connectivity index (χ1) is 7.59. The molecule has 16 heavy (non-hydrogen) atoms. The quantitative estimate of drug-likeness (QED) is 0.758. The number of hydrogen-bond donors (Lipinski definition) is 2. The van der Waals surface area contributed by atoms with Crippen LogP contribution in [-0.4, -0.2) is 17.8 Å². The minimum absolute atomic E-state index is 0.0150. The number of aliphatic hydroxyl groups is 1. The summed E-state index contributed by atoms with van der Waals surface area (Å²) in [5.74, 6) is 1.24. The van der Waals surface area contributed by atoms with Crippen molar-refractivity contribution in [1.29, 1.82) is 0 Å². The third kappa shape index (κ3) is 2.78. The molecule has 0 bridgehead atoms. The second-order valence-electron chi connectivity index (χ2n) is 5.75. The highest BCUT2D eigenvalue weighted by molar-refractivity contribution is 4.93. The Kier molecular flexibility index (Phi) is 5.26. The first-order valence-corrected chi connectivity index (χ1v) is 6.97. The van der Waals surface area contributed by atoms with Crippen LogP contribution in [-0.2, 0) is 0 Å². The summed E-state index contributed by atoms with van der Waals surface area (Å²) in [4.78, 5) is 0. The van der Waals surface area contributed by atoms with Gasteiger partial charge in [0, 0.05) is 12.0 Å². The van der Waals surface area contributed by atoms with E-state index in [1.807, 2.05) is 0 Å². The number of aliphatic hydroxyl groups excluding tert-OH is 1. The van der Waals surface area contributed by atoms with Gasteiger partial charge in [-0.2, -0.15) is 0 Å². The Morgan fingerprint density at radius 2 is 1.88 bits per heavy atom. The van der Waals surface area contributed by atoms with Crippen LogP contribution in [0.15, 0.2) is 0 Å². The molecule has 0 aromatic heterocycles. The number of nitrogens with two attached hydrogens (primary N) is 1. The Bertz CT molecular complexity index is 197. The van der Waals surface area contributed by atoms with Gasteiger partial charge in [0.1, 0.15) is 0 Å². The van der Waals surface area contributed by atoms with E-state index in [9.17, 15) is 5.11 Å². The molecule has 1 saturated carbocycles. The topological polar surface area (TPSA) is 46.2 Å². The maximum atomic E-state index is 10.5. The van der Waals surface area contributed by atoms with Crippen molar-refractivity contribution in [3.8, 4) is 0 Å². The van der Waals surface area contributed by atoms with Crippen LogP contribution in [0.25, 0.3) is 0 Å². The Balaban J connectivity index is 2.65. The molecule has 2 atom stereocenters. The average Bonchev–Trinajstić information content (AvgIpc) is 2.37. The minimum Gasteiger partial charge on any atom is -0.392 e. The van der Waals surface area contributed by atoms with Crippen LogP contribution in [0.1, 0.15) is 59.3 Å². The molecule has 0 aromatic carbocycles. The van der Waals surface area contributed by atoms with Gasteiger partial charge in [-0.15, -0.1) is 0 Å². The lowest BCUT2D eigenvalue weighted by Crippen LogP contribution is -2.47. The molecule has 1 fully saturated rings. The van der Waals surface area contributed by atoms with Crippen molar-refractivity contribution in [2.24, 2.45) is 23.0 Å². The normalized spacial score (nSPS) is 34.7. The smallest absolute Gasteiger partial charge is 0.0633 e. The van der Waals surface area contributed by atoms with Crippen LogP contribution < -0.4 is 5.73 Å². The lowest BCUT2D eigenvalue weighted by Gasteiger charge is -2.44. The highest BCUT2D eigenvalue weighted by atomic mass is 16.3. The average molecular weight is 227 g/mol. The SMILES string of the molecule is CCC1CCC(CN)(C(O)C(C)CC)CC1. The van der Waals surface area contributed by atoms with Crippen LogP contribution in [0.5, 0.6) is 0 Å². The third-order valence-electron chi connectivity index (χ3n) is 4.90. The van der Waals surface area contributed by atoms with Crippen molar-refractivity contribution in [3.63, 3.8) is 0 Å².